The fourth-order valence-corrected chi connectivity index (χ4v) is 2.93. The zero-order valence-corrected chi connectivity index (χ0v) is 15.0. The third-order valence-electron chi connectivity index (χ3n) is 4.74. The number of amides is 1. The first-order valence-electron chi connectivity index (χ1n) is 8.85. The van der Waals surface area contributed by atoms with Crippen molar-refractivity contribution in [1.82, 2.24) is 10.2 Å². The molecular weight excluding hydrogens is 304 g/mol. The van der Waals surface area contributed by atoms with Crippen LogP contribution in [0.25, 0.3) is 0 Å². The average molecular weight is 334 g/mol. The minimum absolute atomic E-state index is 0.141. The van der Waals surface area contributed by atoms with Crippen LogP contribution in [0.4, 0.5) is 0 Å². The molecule has 1 aromatic carbocycles. The summed E-state index contributed by atoms with van der Waals surface area (Å²) >= 11 is 0. The Kier molecular flexibility index (Phi) is 6.78. The molecule has 0 aliphatic carbocycles. The third-order valence-corrected chi connectivity index (χ3v) is 4.74. The lowest BCUT2D eigenvalue weighted by Gasteiger charge is -2.32. The molecule has 1 amide bonds. The average Bonchev–Trinajstić information content (AvgIpc) is 2.58. The number of carbonyl (C=O) groups is 1. The van der Waals surface area contributed by atoms with Crippen molar-refractivity contribution in [1.29, 1.82) is 0 Å². The molecule has 0 unspecified atom stereocenters. The first-order chi connectivity index (χ1) is 11.4. The van der Waals surface area contributed by atoms with Crippen LogP contribution in [0.2, 0.25) is 0 Å². The molecule has 0 aromatic heterocycles. The summed E-state index contributed by atoms with van der Waals surface area (Å²) in [7, 11) is 0. The first-order valence-corrected chi connectivity index (χ1v) is 8.85. The van der Waals surface area contributed by atoms with E-state index < -0.39 is 5.60 Å². The second-order valence-electron chi connectivity index (χ2n) is 6.87. The zero-order valence-electron chi connectivity index (χ0n) is 15.0. The number of rotatable bonds is 7. The van der Waals surface area contributed by atoms with E-state index >= 15 is 0 Å². The lowest BCUT2D eigenvalue weighted by molar-refractivity contribution is -0.0605. The molecule has 0 atom stereocenters. The Morgan fingerprint density at radius 1 is 1.29 bits per heavy atom. The molecule has 5 heteroatoms. The van der Waals surface area contributed by atoms with Crippen molar-refractivity contribution in [3.63, 3.8) is 0 Å². The Morgan fingerprint density at radius 3 is 2.46 bits per heavy atom. The van der Waals surface area contributed by atoms with Crippen molar-refractivity contribution in [2.45, 2.75) is 51.8 Å². The van der Waals surface area contributed by atoms with E-state index in [1.807, 2.05) is 24.3 Å². The molecule has 0 bridgehead atoms. The maximum absolute atomic E-state index is 12.3. The number of aliphatic hydroxyl groups is 1. The van der Waals surface area contributed by atoms with Crippen LogP contribution < -0.4 is 5.32 Å². The van der Waals surface area contributed by atoms with Crippen molar-refractivity contribution in [2.75, 3.05) is 26.3 Å². The second-order valence-corrected chi connectivity index (χ2v) is 6.87. The molecule has 1 aliphatic heterocycles. The number of nitrogens with zero attached hydrogens (tertiary/aromatic N) is 1. The van der Waals surface area contributed by atoms with Gasteiger partial charge in [-0.15, -0.1) is 0 Å². The van der Waals surface area contributed by atoms with Crippen molar-refractivity contribution in [3.8, 4) is 0 Å². The Labute approximate surface area is 145 Å². The molecule has 0 spiro atoms. The van der Waals surface area contributed by atoms with Crippen molar-refractivity contribution in [2.24, 2.45) is 0 Å². The fraction of sp³-hybridized carbons (Fsp3) is 0.632. The van der Waals surface area contributed by atoms with Gasteiger partial charge >= 0.3 is 0 Å². The fourth-order valence-electron chi connectivity index (χ4n) is 2.93. The van der Waals surface area contributed by atoms with Crippen molar-refractivity contribution in [3.05, 3.63) is 35.4 Å². The van der Waals surface area contributed by atoms with Crippen molar-refractivity contribution >= 4 is 5.91 Å². The number of hydrogen-bond acceptors (Lipinski definition) is 4. The summed E-state index contributed by atoms with van der Waals surface area (Å²) in [6.45, 7) is 9.78. The molecule has 0 radical (unpaired) electrons. The topological polar surface area (TPSA) is 61.8 Å². The lowest BCUT2D eigenvalue weighted by Crippen LogP contribution is -2.46. The van der Waals surface area contributed by atoms with Crippen LogP contribution in [-0.4, -0.2) is 53.9 Å². The van der Waals surface area contributed by atoms with Gasteiger partial charge in [-0.25, -0.2) is 0 Å². The van der Waals surface area contributed by atoms with Crippen LogP contribution in [0.5, 0.6) is 0 Å². The van der Waals surface area contributed by atoms with Gasteiger partial charge in [0, 0.05) is 50.8 Å². The van der Waals surface area contributed by atoms with Crippen LogP contribution in [0, 0.1) is 0 Å². The highest BCUT2D eigenvalue weighted by molar-refractivity contribution is 5.94. The van der Waals surface area contributed by atoms with Gasteiger partial charge in [-0.1, -0.05) is 19.1 Å². The number of benzene rings is 1. The highest BCUT2D eigenvalue weighted by Crippen LogP contribution is 2.19. The van der Waals surface area contributed by atoms with E-state index in [4.69, 9.17) is 4.74 Å². The van der Waals surface area contributed by atoms with Gasteiger partial charge in [0.1, 0.15) is 0 Å². The molecule has 1 fully saturated rings. The second kappa shape index (κ2) is 8.60. The van der Waals surface area contributed by atoms with E-state index in [1.165, 1.54) is 5.56 Å². The highest BCUT2D eigenvalue weighted by atomic mass is 16.5. The summed E-state index contributed by atoms with van der Waals surface area (Å²) in [4.78, 5) is 14.6. The van der Waals surface area contributed by atoms with E-state index in [2.05, 4.69) is 31.0 Å². The van der Waals surface area contributed by atoms with Crippen LogP contribution in [0.15, 0.2) is 24.3 Å². The van der Waals surface area contributed by atoms with Gasteiger partial charge in [0.05, 0.1) is 5.60 Å². The summed E-state index contributed by atoms with van der Waals surface area (Å²) in [5.74, 6) is -0.141. The van der Waals surface area contributed by atoms with Gasteiger partial charge in [-0.2, -0.15) is 0 Å². The van der Waals surface area contributed by atoms with Gasteiger partial charge in [-0.3, -0.25) is 9.69 Å². The van der Waals surface area contributed by atoms with Crippen LogP contribution in [-0.2, 0) is 11.3 Å². The molecule has 1 aromatic rings. The predicted molar refractivity (Wildman–Crippen MR) is 95.0 cm³/mol. The Morgan fingerprint density at radius 2 is 1.92 bits per heavy atom. The lowest BCUT2D eigenvalue weighted by atomic mass is 9.94. The van der Waals surface area contributed by atoms with E-state index in [9.17, 15) is 9.90 Å². The molecule has 0 saturated carbocycles. The molecule has 5 nitrogen and oxygen atoms in total. The van der Waals surface area contributed by atoms with E-state index in [0.717, 1.165) is 13.1 Å². The summed E-state index contributed by atoms with van der Waals surface area (Å²) in [5, 5.41) is 13.2. The summed E-state index contributed by atoms with van der Waals surface area (Å²) in [5.41, 5.74) is 0.986. The maximum atomic E-state index is 12.3. The van der Waals surface area contributed by atoms with Gasteiger partial charge in [0.15, 0.2) is 0 Å². The van der Waals surface area contributed by atoms with Gasteiger partial charge in [-0.05, 0) is 38.1 Å². The maximum Gasteiger partial charge on any atom is 0.251 e. The number of hydrogen-bond donors (Lipinski definition) is 2. The summed E-state index contributed by atoms with van der Waals surface area (Å²) in [6.07, 6.45) is 1.13. The van der Waals surface area contributed by atoms with Crippen LogP contribution >= 0.6 is 0 Å². The standard InChI is InChI=1S/C19H30N2O3/c1-4-21(15(2)3)13-16-5-7-17(8-6-16)18(22)20-14-19(23)9-11-24-12-10-19/h5-8,15,23H,4,9-14H2,1-3H3,(H,20,22). The third kappa shape index (κ3) is 5.30. The Balaban J connectivity index is 1.88. The minimum Gasteiger partial charge on any atom is -0.388 e. The highest BCUT2D eigenvalue weighted by Gasteiger charge is 2.30. The Bertz CT molecular complexity index is 522. The molecular formula is C19H30N2O3. The number of nitrogens with one attached hydrogen (secondary N) is 1. The molecule has 2 rings (SSSR count). The molecule has 134 valence electrons. The summed E-state index contributed by atoms with van der Waals surface area (Å²) < 4.78 is 5.25. The SMILES string of the molecule is CCN(Cc1ccc(C(=O)NCC2(O)CCOCC2)cc1)C(C)C. The molecule has 1 saturated heterocycles. The molecule has 2 N–H and O–H groups in total. The molecule has 1 heterocycles. The first kappa shape index (κ1) is 18.9. The van der Waals surface area contributed by atoms with E-state index in [-0.39, 0.29) is 12.5 Å². The van der Waals surface area contributed by atoms with Gasteiger partial charge in [0.25, 0.3) is 5.91 Å². The molecule has 1 aliphatic rings. The smallest absolute Gasteiger partial charge is 0.251 e. The predicted octanol–water partition coefficient (Wildman–Crippen LogP) is 2.19. The Hall–Kier alpha value is -1.43. The minimum atomic E-state index is -0.841. The van der Waals surface area contributed by atoms with Crippen LogP contribution in [0.3, 0.4) is 0 Å². The zero-order chi connectivity index (χ0) is 17.6. The number of carbonyl (C=O) groups excluding carboxylic acids is 1. The van der Waals surface area contributed by atoms with Gasteiger partial charge < -0.3 is 15.2 Å². The molecule has 24 heavy (non-hydrogen) atoms. The monoisotopic (exact) mass is 334 g/mol. The van der Waals surface area contributed by atoms with E-state index in [1.54, 1.807) is 0 Å². The van der Waals surface area contributed by atoms with E-state index in [0.29, 0.717) is 37.7 Å². The van der Waals surface area contributed by atoms with Gasteiger partial charge in [0.2, 0.25) is 0 Å². The normalized spacial score (nSPS) is 17.2. The quantitative estimate of drug-likeness (QED) is 0.802. The van der Waals surface area contributed by atoms with Crippen LogP contribution in [0.1, 0.15) is 49.5 Å². The number of ether oxygens (including phenoxy) is 1. The van der Waals surface area contributed by atoms with Crippen molar-refractivity contribution < 1.29 is 14.6 Å². The largest absolute Gasteiger partial charge is 0.388 e. The summed E-state index contributed by atoms with van der Waals surface area (Å²) in [6, 6.07) is 8.21.